The first-order valence-corrected chi connectivity index (χ1v) is 10.9. The highest BCUT2D eigenvalue weighted by Gasteiger charge is 2.21. The number of hydrogen-bond acceptors (Lipinski definition) is 4. The fraction of sp³-hybridized carbons (Fsp3) is 0.167. The van der Waals surface area contributed by atoms with Crippen LogP contribution in [0.3, 0.4) is 0 Å². The molecule has 0 fully saturated rings. The van der Waals surface area contributed by atoms with E-state index in [1.165, 1.54) is 18.5 Å². The molecule has 0 saturated carbocycles. The molecule has 7 nitrogen and oxygen atoms in total. The number of rotatable bonds is 8. The zero-order valence-corrected chi connectivity index (χ0v) is 19.3. The third kappa shape index (κ3) is 6.54. The number of halogens is 2. The van der Waals surface area contributed by atoms with E-state index in [4.69, 9.17) is 23.2 Å². The molecule has 0 aliphatic rings. The van der Waals surface area contributed by atoms with Crippen molar-refractivity contribution in [2.45, 2.75) is 26.1 Å². The van der Waals surface area contributed by atoms with Crippen molar-refractivity contribution < 1.29 is 14.4 Å². The number of pyridine rings is 1. The Bertz CT molecular complexity index is 1170. The van der Waals surface area contributed by atoms with E-state index in [0.717, 1.165) is 11.1 Å². The fourth-order valence-corrected chi connectivity index (χ4v) is 3.41. The van der Waals surface area contributed by atoms with Gasteiger partial charge in [0.1, 0.15) is 6.04 Å². The van der Waals surface area contributed by atoms with Gasteiger partial charge in [-0.05, 0) is 36.2 Å². The predicted octanol–water partition coefficient (Wildman–Crippen LogP) is 3.75. The van der Waals surface area contributed by atoms with E-state index in [1.54, 1.807) is 43.3 Å². The molecule has 3 N–H and O–H groups in total. The van der Waals surface area contributed by atoms with E-state index in [1.807, 2.05) is 12.1 Å². The van der Waals surface area contributed by atoms with Crippen LogP contribution in [0.5, 0.6) is 0 Å². The van der Waals surface area contributed by atoms with Crippen LogP contribution in [0.4, 0.5) is 0 Å². The van der Waals surface area contributed by atoms with E-state index in [9.17, 15) is 14.4 Å². The summed E-state index contributed by atoms with van der Waals surface area (Å²) in [4.78, 5) is 41.9. The molecule has 0 radical (unpaired) electrons. The first-order valence-electron chi connectivity index (χ1n) is 10.1. The molecule has 3 aromatic rings. The highest BCUT2D eigenvalue weighted by molar-refractivity contribution is 6.31. The normalized spacial score (nSPS) is 11.4. The SMILES string of the molecule is C[C@@H](NC(=O)c1cnccc1C(=O)NCc1ccccc1Cl)C(=O)NCc1ccccc1Cl. The summed E-state index contributed by atoms with van der Waals surface area (Å²) in [6, 6.07) is 14.9. The van der Waals surface area contributed by atoms with Crippen molar-refractivity contribution in [1.29, 1.82) is 0 Å². The van der Waals surface area contributed by atoms with E-state index in [-0.39, 0.29) is 24.2 Å². The summed E-state index contributed by atoms with van der Waals surface area (Å²) in [5, 5.41) is 9.15. The molecule has 0 unspecified atom stereocenters. The van der Waals surface area contributed by atoms with Gasteiger partial charge in [-0.2, -0.15) is 0 Å². The number of amides is 3. The van der Waals surface area contributed by atoms with Crippen molar-refractivity contribution >= 4 is 40.9 Å². The Labute approximate surface area is 201 Å². The molecular formula is C24H22Cl2N4O3. The molecular weight excluding hydrogens is 463 g/mol. The summed E-state index contributed by atoms with van der Waals surface area (Å²) in [5.74, 6) is -1.44. The highest BCUT2D eigenvalue weighted by Crippen LogP contribution is 2.16. The van der Waals surface area contributed by atoms with Crippen LogP contribution >= 0.6 is 23.2 Å². The number of benzene rings is 2. The van der Waals surface area contributed by atoms with Crippen molar-refractivity contribution in [3.05, 3.63) is 99.3 Å². The lowest BCUT2D eigenvalue weighted by Crippen LogP contribution is -2.45. The number of carbonyl (C=O) groups is 3. The molecule has 1 aromatic heterocycles. The van der Waals surface area contributed by atoms with E-state index < -0.39 is 23.8 Å². The van der Waals surface area contributed by atoms with Gasteiger partial charge in [-0.3, -0.25) is 19.4 Å². The monoisotopic (exact) mass is 484 g/mol. The number of hydrogen-bond donors (Lipinski definition) is 3. The maximum absolute atomic E-state index is 12.8. The van der Waals surface area contributed by atoms with Crippen molar-refractivity contribution in [1.82, 2.24) is 20.9 Å². The van der Waals surface area contributed by atoms with Gasteiger partial charge in [0.2, 0.25) is 5.91 Å². The molecule has 0 aliphatic carbocycles. The summed E-state index contributed by atoms with van der Waals surface area (Å²) in [6.07, 6.45) is 2.70. The van der Waals surface area contributed by atoms with Gasteiger partial charge in [-0.25, -0.2) is 0 Å². The predicted molar refractivity (Wildman–Crippen MR) is 127 cm³/mol. The van der Waals surface area contributed by atoms with Crippen LogP contribution in [-0.2, 0) is 17.9 Å². The summed E-state index contributed by atoms with van der Waals surface area (Å²) in [7, 11) is 0. The van der Waals surface area contributed by atoms with Gasteiger partial charge < -0.3 is 16.0 Å². The van der Waals surface area contributed by atoms with E-state index in [2.05, 4.69) is 20.9 Å². The summed E-state index contributed by atoms with van der Waals surface area (Å²) < 4.78 is 0. The molecule has 0 bridgehead atoms. The largest absolute Gasteiger partial charge is 0.350 e. The van der Waals surface area contributed by atoms with Crippen molar-refractivity contribution in [2.75, 3.05) is 0 Å². The lowest BCUT2D eigenvalue weighted by atomic mass is 10.1. The molecule has 1 atom stereocenters. The molecule has 33 heavy (non-hydrogen) atoms. The standard InChI is InChI=1S/C24H22Cl2N4O3/c1-15(22(31)28-12-16-6-2-4-8-20(16)25)30-24(33)19-14-27-11-10-18(19)23(32)29-13-17-7-3-5-9-21(17)26/h2-11,14-15H,12-13H2,1H3,(H,28,31)(H,29,32)(H,30,33)/t15-/m1/s1. The summed E-state index contributed by atoms with van der Waals surface area (Å²) in [6.45, 7) is 1.97. The van der Waals surface area contributed by atoms with Gasteiger partial charge in [-0.15, -0.1) is 0 Å². The van der Waals surface area contributed by atoms with Crippen LogP contribution in [-0.4, -0.2) is 28.7 Å². The number of nitrogens with zero attached hydrogens (tertiary/aromatic N) is 1. The molecule has 1 heterocycles. The second-order valence-corrected chi connectivity index (χ2v) is 8.01. The minimum atomic E-state index is -0.848. The molecule has 3 amide bonds. The van der Waals surface area contributed by atoms with E-state index >= 15 is 0 Å². The smallest absolute Gasteiger partial charge is 0.254 e. The molecule has 170 valence electrons. The Balaban J connectivity index is 1.61. The average Bonchev–Trinajstić information content (AvgIpc) is 2.82. The van der Waals surface area contributed by atoms with E-state index in [0.29, 0.717) is 10.0 Å². The minimum Gasteiger partial charge on any atom is -0.350 e. The van der Waals surface area contributed by atoms with Crippen molar-refractivity contribution in [3.63, 3.8) is 0 Å². The quantitative estimate of drug-likeness (QED) is 0.453. The lowest BCUT2D eigenvalue weighted by Gasteiger charge is -2.16. The van der Waals surface area contributed by atoms with Gasteiger partial charge in [0.05, 0.1) is 11.1 Å². The molecule has 0 saturated heterocycles. The fourth-order valence-electron chi connectivity index (χ4n) is 3.00. The minimum absolute atomic E-state index is 0.0555. The Hall–Kier alpha value is -3.42. The summed E-state index contributed by atoms with van der Waals surface area (Å²) >= 11 is 12.2. The maximum Gasteiger partial charge on any atom is 0.254 e. The van der Waals surface area contributed by atoms with Crippen LogP contribution in [0, 0.1) is 0 Å². The van der Waals surface area contributed by atoms with Gasteiger partial charge >= 0.3 is 0 Å². The van der Waals surface area contributed by atoms with Gasteiger partial charge in [0.25, 0.3) is 11.8 Å². The molecule has 3 rings (SSSR count). The lowest BCUT2D eigenvalue weighted by molar-refractivity contribution is -0.122. The van der Waals surface area contributed by atoms with Gasteiger partial charge in [-0.1, -0.05) is 59.6 Å². The Morgan fingerprint density at radius 3 is 2.00 bits per heavy atom. The highest BCUT2D eigenvalue weighted by atomic mass is 35.5. The second kappa shape index (κ2) is 11.4. The topological polar surface area (TPSA) is 100 Å². The van der Waals surface area contributed by atoms with Crippen LogP contribution in [0.25, 0.3) is 0 Å². The number of carbonyl (C=O) groups excluding carboxylic acids is 3. The van der Waals surface area contributed by atoms with Crippen LogP contribution in [0.1, 0.15) is 38.8 Å². The maximum atomic E-state index is 12.8. The third-order valence-corrected chi connectivity index (χ3v) is 5.60. The van der Waals surface area contributed by atoms with Crippen LogP contribution in [0.2, 0.25) is 10.0 Å². The zero-order valence-electron chi connectivity index (χ0n) is 17.8. The third-order valence-electron chi connectivity index (χ3n) is 4.86. The molecule has 2 aromatic carbocycles. The van der Waals surface area contributed by atoms with Crippen LogP contribution in [0.15, 0.2) is 67.0 Å². The first-order chi connectivity index (χ1) is 15.9. The molecule has 0 aliphatic heterocycles. The number of nitrogens with one attached hydrogen (secondary N) is 3. The second-order valence-electron chi connectivity index (χ2n) is 7.20. The van der Waals surface area contributed by atoms with Crippen molar-refractivity contribution in [2.24, 2.45) is 0 Å². The Kier molecular flexibility index (Phi) is 8.40. The van der Waals surface area contributed by atoms with Crippen molar-refractivity contribution in [3.8, 4) is 0 Å². The van der Waals surface area contributed by atoms with Crippen LogP contribution < -0.4 is 16.0 Å². The first kappa shape index (κ1) is 24.2. The number of aromatic nitrogens is 1. The summed E-state index contributed by atoms with van der Waals surface area (Å²) in [5.41, 5.74) is 1.70. The van der Waals surface area contributed by atoms with Gasteiger partial charge in [0.15, 0.2) is 0 Å². The Morgan fingerprint density at radius 2 is 1.39 bits per heavy atom. The molecule has 9 heteroatoms. The molecule has 0 spiro atoms. The average molecular weight is 485 g/mol. The van der Waals surface area contributed by atoms with Gasteiger partial charge in [0, 0.05) is 35.5 Å². The Morgan fingerprint density at radius 1 is 0.818 bits per heavy atom. The zero-order chi connectivity index (χ0) is 23.8.